The van der Waals surface area contributed by atoms with Crippen LogP contribution in [0.15, 0.2) is 36.9 Å². The van der Waals surface area contributed by atoms with E-state index in [9.17, 15) is 4.79 Å². The van der Waals surface area contributed by atoms with E-state index in [1.165, 1.54) is 0 Å². The van der Waals surface area contributed by atoms with Crippen LogP contribution in [-0.2, 0) is 0 Å². The minimum absolute atomic E-state index is 0.0306. The van der Waals surface area contributed by atoms with Gasteiger partial charge in [-0.15, -0.1) is 6.58 Å². The van der Waals surface area contributed by atoms with Gasteiger partial charge in [-0.3, -0.25) is 4.79 Å². The number of benzene rings is 1. The maximum atomic E-state index is 11.9. The number of nitrogens with one attached hydrogen (secondary N) is 1. The third-order valence-electron chi connectivity index (χ3n) is 2.12. The predicted octanol–water partition coefficient (Wildman–Crippen LogP) is 2.43. The molecule has 1 aromatic carbocycles. The van der Waals surface area contributed by atoms with Crippen molar-refractivity contribution in [2.24, 2.45) is 0 Å². The Hall–Kier alpha value is -1.61. The van der Waals surface area contributed by atoms with Crippen LogP contribution in [-0.4, -0.2) is 25.0 Å². The zero-order valence-corrected chi connectivity index (χ0v) is 10.4. The minimum atomic E-state index is 0.0306. The van der Waals surface area contributed by atoms with Gasteiger partial charge in [-0.1, -0.05) is 18.2 Å². The lowest BCUT2D eigenvalue weighted by atomic mass is 10.1. The fourth-order valence-electron chi connectivity index (χ4n) is 1.44. The molecule has 1 rings (SSSR count). The first-order chi connectivity index (χ1) is 8.15. The molecular formula is C14H19NO2. The van der Waals surface area contributed by atoms with Crippen molar-refractivity contribution in [3.63, 3.8) is 0 Å². The SMILES string of the molecule is C=CCNCC(=O)c1ccccc1OC(C)C. The number of carbonyl (C=O) groups excluding carboxylic acids is 1. The van der Waals surface area contributed by atoms with Crippen LogP contribution in [0.25, 0.3) is 0 Å². The second-order valence-electron chi connectivity index (χ2n) is 4.01. The standard InChI is InChI=1S/C14H19NO2/c1-4-9-15-10-13(16)12-7-5-6-8-14(12)17-11(2)3/h4-8,11,15H,1,9-10H2,2-3H3. The molecule has 0 aliphatic heterocycles. The van der Waals surface area contributed by atoms with Crippen LogP contribution in [0.3, 0.4) is 0 Å². The lowest BCUT2D eigenvalue weighted by molar-refractivity contribution is 0.0986. The number of hydrogen-bond donors (Lipinski definition) is 1. The van der Waals surface area contributed by atoms with Gasteiger partial charge in [0.15, 0.2) is 5.78 Å². The summed E-state index contributed by atoms with van der Waals surface area (Å²) in [6.07, 6.45) is 1.79. The Morgan fingerprint density at radius 2 is 2.18 bits per heavy atom. The normalized spacial score (nSPS) is 10.3. The summed E-state index contributed by atoms with van der Waals surface area (Å²) in [5.74, 6) is 0.677. The summed E-state index contributed by atoms with van der Waals surface area (Å²) in [5.41, 5.74) is 0.623. The Morgan fingerprint density at radius 3 is 2.82 bits per heavy atom. The van der Waals surface area contributed by atoms with Crippen molar-refractivity contribution in [1.82, 2.24) is 5.32 Å². The van der Waals surface area contributed by atoms with E-state index in [0.29, 0.717) is 24.4 Å². The molecule has 0 saturated heterocycles. The third kappa shape index (κ3) is 4.41. The summed E-state index contributed by atoms with van der Waals surface area (Å²) in [7, 11) is 0. The van der Waals surface area contributed by atoms with Crippen molar-refractivity contribution in [2.45, 2.75) is 20.0 Å². The molecule has 0 spiro atoms. The zero-order valence-electron chi connectivity index (χ0n) is 10.4. The van der Waals surface area contributed by atoms with E-state index in [1.54, 1.807) is 12.1 Å². The van der Waals surface area contributed by atoms with Crippen molar-refractivity contribution in [2.75, 3.05) is 13.1 Å². The van der Waals surface area contributed by atoms with Gasteiger partial charge >= 0.3 is 0 Å². The van der Waals surface area contributed by atoms with Gasteiger partial charge in [0, 0.05) is 6.54 Å². The first-order valence-electron chi connectivity index (χ1n) is 5.75. The molecule has 0 aliphatic carbocycles. The molecule has 0 radical (unpaired) electrons. The van der Waals surface area contributed by atoms with E-state index in [1.807, 2.05) is 32.0 Å². The maximum absolute atomic E-state index is 11.9. The summed E-state index contributed by atoms with van der Waals surface area (Å²) in [6.45, 7) is 8.39. The molecule has 0 atom stereocenters. The number of Topliss-reactive ketones (excluding diaryl/α,β-unsaturated/α-hetero) is 1. The van der Waals surface area contributed by atoms with E-state index in [-0.39, 0.29) is 11.9 Å². The number of hydrogen-bond acceptors (Lipinski definition) is 3. The largest absolute Gasteiger partial charge is 0.490 e. The van der Waals surface area contributed by atoms with Gasteiger partial charge in [0.05, 0.1) is 18.2 Å². The average Bonchev–Trinajstić information content (AvgIpc) is 2.29. The Morgan fingerprint density at radius 1 is 1.47 bits per heavy atom. The van der Waals surface area contributed by atoms with Gasteiger partial charge in [-0.25, -0.2) is 0 Å². The summed E-state index contributed by atoms with van der Waals surface area (Å²) < 4.78 is 5.60. The maximum Gasteiger partial charge on any atom is 0.180 e. The smallest absolute Gasteiger partial charge is 0.180 e. The molecule has 0 heterocycles. The van der Waals surface area contributed by atoms with E-state index in [2.05, 4.69) is 11.9 Å². The average molecular weight is 233 g/mol. The molecular weight excluding hydrogens is 214 g/mol. The fraction of sp³-hybridized carbons (Fsp3) is 0.357. The summed E-state index contributed by atoms with van der Waals surface area (Å²) >= 11 is 0. The quantitative estimate of drug-likeness (QED) is 0.446. The topological polar surface area (TPSA) is 38.3 Å². The molecule has 3 nitrogen and oxygen atoms in total. The molecule has 0 fully saturated rings. The fourth-order valence-corrected chi connectivity index (χ4v) is 1.44. The van der Waals surface area contributed by atoms with Crippen LogP contribution >= 0.6 is 0 Å². The molecule has 3 heteroatoms. The predicted molar refractivity (Wildman–Crippen MR) is 69.6 cm³/mol. The van der Waals surface area contributed by atoms with Crippen LogP contribution in [0.5, 0.6) is 5.75 Å². The number of ketones is 1. The number of rotatable bonds is 7. The van der Waals surface area contributed by atoms with Gasteiger partial charge in [0.2, 0.25) is 0 Å². The molecule has 1 N–H and O–H groups in total. The zero-order chi connectivity index (χ0) is 12.7. The molecule has 0 saturated carbocycles. The van der Waals surface area contributed by atoms with Crippen LogP contribution < -0.4 is 10.1 Å². The number of ether oxygens (including phenoxy) is 1. The Kier molecular flexibility index (Phi) is 5.43. The highest BCUT2D eigenvalue weighted by molar-refractivity contribution is 6.00. The summed E-state index contributed by atoms with van der Waals surface area (Å²) in [5, 5.41) is 2.99. The highest BCUT2D eigenvalue weighted by Crippen LogP contribution is 2.19. The van der Waals surface area contributed by atoms with Crippen molar-refractivity contribution in [1.29, 1.82) is 0 Å². The highest BCUT2D eigenvalue weighted by Gasteiger charge is 2.12. The van der Waals surface area contributed by atoms with Crippen molar-refractivity contribution in [3.8, 4) is 5.75 Å². The van der Waals surface area contributed by atoms with Gasteiger partial charge in [0.1, 0.15) is 5.75 Å². The van der Waals surface area contributed by atoms with E-state index >= 15 is 0 Å². The number of carbonyl (C=O) groups is 1. The molecule has 0 aromatic heterocycles. The highest BCUT2D eigenvalue weighted by atomic mass is 16.5. The van der Waals surface area contributed by atoms with E-state index < -0.39 is 0 Å². The first-order valence-corrected chi connectivity index (χ1v) is 5.75. The molecule has 1 aromatic rings. The lowest BCUT2D eigenvalue weighted by Crippen LogP contribution is -2.23. The van der Waals surface area contributed by atoms with Gasteiger partial charge < -0.3 is 10.1 Å². The van der Waals surface area contributed by atoms with Crippen LogP contribution in [0.2, 0.25) is 0 Å². The molecule has 0 unspecified atom stereocenters. The van der Waals surface area contributed by atoms with Crippen molar-refractivity contribution < 1.29 is 9.53 Å². The lowest BCUT2D eigenvalue weighted by Gasteiger charge is -2.13. The third-order valence-corrected chi connectivity index (χ3v) is 2.12. The Bertz CT molecular complexity index is 386. The molecule has 0 bridgehead atoms. The summed E-state index contributed by atoms with van der Waals surface area (Å²) in [4.78, 5) is 11.9. The van der Waals surface area contributed by atoms with Gasteiger partial charge in [0.25, 0.3) is 0 Å². The first kappa shape index (κ1) is 13.5. The van der Waals surface area contributed by atoms with Crippen molar-refractivity contribution in [3.05, 3.63) is 42.5 Å². The monoisotopic (exact) mass is 233 g/mol. The Labute approximate surface area is 102 Å². The van der Waals surface area contributed by atoms with Crippen LogP contribution in [0.4, 0.5) is 0 Å². The molecule has 0 amide bonds. The van der Waals surface area contributed by atoms with Crippen molar-refractivity contribution >= 4 is 5.78 Å². The Balaban J connectivity index is 2.74. The van der Waals surface area contributed by atoms with Gasteiger partial charge in [-0.2, -0.15) is 0 Å². The summed E-state index contributed by atoms with van der Waals surface area (Å²) in [6, 6.07) is 7.32. The molecule has 17 heavy (non-hydrogen) atoms. The minimum Gasteiger partial charge on any atom is -0.490 e. The second-order valence-corrected chi connectivity index (χ2v) is 4.01. The number of para-hydroxylation sites is 1. The molecule has 0 aliphatic rings. The second kappa shape index (κ2) is 6.86. The van der Waals surface area contributed by atoms with Crippen LogP contribution in [0.1, 0.15) is 24.2 Å². The van der Waals surface area contributed by atoms with E-state index in [4.69, 9.17) is 4.74 Å². The van der Waals surface area contributed by atoms with Gasteiger partial charge in [-0.05, 0) is 26.0 Å². The van der Waals surface area contributed by atoms with Crippen LogP contribution in [0, 0.1) is 0 Å². The van der Waals surface area contributed by atoms with E-state index in [0.717, 1.165) is 0 Å². The molecule has 92 valence electrons.